The van der Waals surface area contributed by atoms with Gasteiger partial charge in [-0.25, -0.2) is 9.50 Å². The molecule has 1 aliphatic heterocycles. The zero-order chi connectivity index (χ0) is 19.1. The van der Waals surface area contributed by atoms with Gasteiger partial charge in [-0.1, -0.05) is 19.3 Å². The van der Waals surface area contributed by atoms with Crippen LogP contribution in [-0.4, -0.2) is 50.6 Å². The minimum atomic E-state index is 0.318. The number of imidazole rings is 1. The Morgan fingerprint density at radius 3 is 2.82 bits per heavy atom. The molecular weight excluding hydrogens is 352 g/mol. The first-order valence-electron chi connectivity index (χ1n) is 10.5. The van der Waals surface area contributed by atoms with E-state index in [4.69, 9.17) is 14.8 Å². The van der Waals surface area contributed by atoms with E-state index in [2.05, 4.69) is 35.0 Å². The van der Waals surface area contributed by atoms with Gasteiger partial charge in [0, 0.05) is 12.7 Å². The summed E-state index contributed by atoms with van der Waals surface area (Å²) < 4.78 is 7.70. The average Bonchev–Trinajstić information content (AvgIpc) is 3.37. The number of H-pyrrole nitrogens is 1. The summed E-state index contributed by atoms with van der Waals surface area (Å²) in [5.74, 6) is 2.45. The maximum Gasteiger partial charge on any atom is 0.179 e. The molecule has 2 aliphatic rings. The first-order chi connectivity index (χ1) is 13.7. The summed E-state index contributed by atoms with van der Waals surface area (Å²) in [4.78, 5) is 7.26. The molecule has 3 aromatic rings. The van der Waals surface area contributed by atoms with Gasteiger partial charge in [-0.2, -0.15) is 5.10 Å². The zero-order valence-electron chi connectivity index (χ0n) is 16.7. The number of aromatic amines is 1. The molecule has 28 heavy (non-hydrogen) atoms. The molecular formula is C21H28N6O. The van der Waals surface area contributed by atoms with Gasteiger partial charge in [0.25, 0.3) is 0 Å². The summed E-state index contributed by atoms with van der Waals surface area (Å²) in [5, 5.41) is 12.2. The summed E-state index contributed by atoms with van der Waals surface area (Å²) in [6.07, 6.45) is 8.24. The molecule has 0 radical (unpaired) electrons. The number of hydrogen-bond acceptors (Lipinski definition) is 5. The SMILES string of the molecule is Cc1nc(-c2ccn[nH]2)n2nc(N3CCOCC3C)cc(C3CCCCC3)c12. The molecule has 7 heteroatoms. The van der Waals surface area contributed by atoms with Crippen molar-refractivity contribution in [1.82, 2.24) is 24.8 Å². The van der Waals surface area contributed by atoms with E-state index < -0.39 is 0 Å². The molecule has 5 rings (SSSR count). The molecule has 0 spiro atoms. The van der Waals surface area contributed by atoms with Gasteiger partial charge in [0.15, 0.2) is 5.82 Å². The van der Waals surface area contributed by atoms with Crippen LogP contribution in [0.25, 0.3) is 17.0 Å². The number of nitrogens with one attached hydrogen (secondary N) is 1. The summed E-state index contributed by atoms with van der Waals surface area (Å²) in [5.41, 5.74) is 4.51. The summed E-state index contributed by atoms with van der Waals surface area (Å²) in [6.45, 7) is 6.67. The van der Waals surface area contributed by atoms with E-state index in [1.165, 1.54) is 43.2 Å². The van der Waals surface area contributed by atoms with Crippen LogP contribution in [-0.2, 0) is 4.74 Å². The Morgan fingerprint density at radius 1 is 1.21 bits per heavy atom. The Hall–Kier alpha value is -2.41. The van der Waals surface area contributed by atoms with Crippen molar-refractivity contribution < 1.29 is 4.74 Å². The van der Waals surface area contributed by atoms with Gasteiger partial charge < -0.3 is 9.64 Å². The number of nitrogens with zero attached hydrogens (tertiary/aromatic N) is 5. The molecule has 1 N–H and O–H groups in total. The smallest absolute Gasteiger partial charge is 0.179 e. The van der Waals surface area contributed by atoms with Crippen molar-refractivity contribution in [3.05, 3.63) is 29.6 Å². The van der Waals surface area contributed by atoms with Crippen molar-refractivity contribution in [3.63, 3.8) is 0 Å². The average molecular weight is 380 g/mol. The van der Waals surface area contributed by atoms with Crippen molar-refractivity contribution in [2.75, 3.05) is 24.7 Å². The number of rotatable bonds is 3. The number of fused-ring (bicyclic) bond motifs is 1. The van der Waals surface area contributed by atoms with E-state index in [1.807, 2.05) is 10.6 Å². The lowest BCUT2D eigenvalue weighted by atomic mass is 9.84. The molecule has 1 unspecified atom stereocenters. The van der Waals surface area contributed by atoms with Gasteiger partial charge in [-0.3, -0.25) is 5.10 Å². The maximum atomic E-state index is 5.65. The number of morpholine rings is 1. The summed E-state index contributed by atoms with van der Waals surface area (Å²) in [7, 11) is 0. The second-order valence-corrected chi connectivity index (χ2v) is 8.16. The third kappa shape index (κ3) is 2.98. The molecule has 4 heterocycles. The largest absolute Gasteiger partial charge is 0.377 e. The van der Waals surface area contributed by atoms with Crippen LogP contribution in [0.2, 0.25) is 0 Å². The van der Waals surface area contributed by atoms with E-state index in [0.29, 0.717) is 12.0 Å². The Kier molecular flexibility index (Phi) is 4.55. The summed E-state index contributed by atoms with van der Waals surface area (Å²) >= 11 is 0. The Labute approximate surface area is 165 Å². The highest BCUT2D eigenvalue weighted by molar-refractivity contribution is 5.68. The van der Waals surface area contributed by atoms with Crippen LogP contribution in [0.3, 0.4) is 0 Å². The summed E-state index contributed by atoms with van der Waals surface area (Å²) in [6, 6.07) is 4.61. The Morgan fingerprint density at radius 2 is 2.07 bits per heavy atom. The van der Waals surface area contributed by atoms with E-state index in [1.54, 1.807) is 6.20 Å². The monoisotopic (exact) mass is 380 g/mol. The lowest BCUT2D eigenvalue weighted by Crippen LogP contribution is -2.44. The quantitative estimate of drug-likeness (QED) is 0.750. The van der Waals surface area contributed by atoms with Crippen molar-refractivity contribution in [2.24, 2.45) is 0 Å². The van der Waals surface area contributed by atoms with Crippen molar-refractivity contribution in [2.45, 2.75) is 57.9 Å². The fourth-order valence-corrected chi connectivity index (χ4v) is 4.77. The number of aryl methyl sites for hydroxylation is 1. The molecule has 148 valence electrons. The van der Waals surface area contributed by atoms with Gasteiger partial charge in [0.2, 0.25) is 0 Å². The van der Waals surface area contributed by atoms with Gasteiger partial charge in [-0.05, 0) is 50.3 Å². The van der Waals surface area contributed by atoms with Crippen LogP contribution in [0, 0.1) is 6.92 Å². The maximum absolute atomic E-state index is 5.65. The van der Waals surface area contributed by atoms with E-state index in [9.17, 15) is 0 Å². The number of hydrogen-bond donors (Lipinski definition) is 1. The predicted molar refractivity (Wildman–Crippen MR) is 109 cm³/mol. The first kappa shape index (κ1) is 17.7. The lowest BCUT2D eigenvalue weighted by Gasteiger charge is -2.35. The van der Waals surface area contributed by atoms with Crippen LogP contribution < -0.4 is 4.90 Å². The van der Waals surface area contributed by atoms with Crippen LogP contribution in [0.5, 0.6) is 0 Å². The first-order valence-corrected chi connectivity index (χ1v) is 10.5. The molecule has 2 fully saturated rings. The van der Waals surface area contributed by atoms with Crippen LogP contribution in [0.1, 0.15) is 56.2 Å². The van der Waals surface area contributed by atoms with Crippen molar-refractivity contribution in [1.29, 1.82) is 0 Å². The zero-order valence-corrected chi connectivity index (χ0v) is 16.7. The molecule has 0 amide bonds. The molecule has 0 aromatic carbocycles. The number of aromatic nitrogens is 5. The minimum Gasteiger partial charge on any atom is -0.377 e. The second-order valence-electron chi connectivity index (χ2n) is 8.16. The van der Waals surface area contributed by atoms with Crippen LogP contribution >= 0.6 is 0 Å². The highest BCUT2D eigenvalue weighted by Gasteiger charge is 2.27. The molecule has 0 bridgehead atoms. The van der Waals surface area contributed by atoms with E-state index in [-0.39, 0.29) is 0 Å². The van der Waals surface area contributed by atoms with E-state index in [0.717, 1.165) is 42.8 Å². The molecule has 3 aromatic heterocycles. The van der Waals surface area contributed by atoms with Gasteiger partial charge >= 0.3 is 0 Å². The minimum absolute atomic E-state index is 0.318. The van der Waals surface area contributed by atoms with Gasteiger partial charge in [-0.15, -0.1) is 5.10 Å². The van der Waals surface area contributed by atoms with E-state index >= 15 is 0 Å². The Bertz CT molecular complexity index is 957. The third-order valence-electron chi connectivity index (χ3n) is 6.24. The van der Waals surface area contributed by atoms with Crippen molar-refractivity contribution >= 4 is 11.3 Å². The second kappa shape index (κ2) is 7.20. The van der Waals surface area contributed by atoms with Crippen molar-refractivity contribution in [3.8, 4) is 11.5 Å². The van der Waals surface area contributed by atoms with Crippen LogP contribution in [0.15, 0.2) is 18.3 Å². The lowest BCUT2D eigenvalue weighted by molar-refractivity contribution is 0.0984. The molecule has 7 nitrogen and oxygen atoms in total. The molecule has 1 aliphatic carbocycles. The predicted octanol–water partition coefficient (Wildman–Crippen LogP) is 3.70. The van der Waals surface area contributed by atoms with Crippen LogP contribution in [0.4, 0.5) is 5.82 Å². The van der Waals surface area contributed by atoms with Gasteiger partial charge in [0.05, 0.1) is 30.5 Å². The number of anilines is 1. The fourth-order valence-electron chi connectivity index (χ4n) is 4.77. The number of ether oxygens (including phenoxy) is 1. The highest BCUT2D eigenvalue weighted by Crippen LogP contribution is 2.38. The third-order valence-corrected chi connectivity index (χ3v) is 6.24. The standard InChI is InChI=1S/C21H28N6O/c1-14-13-28-11-10-26(14)19-12-17(16-6-4-3-5-7-16)20-15(2)23-21(27(20)25-19)18-8-9-22-24-18/h8-9,12,14,16H,3-7,10-11,13H2,1-2H3,(H,22,24). The molecule has 1 saturated carbocycles. The normalized spacial score (nSPS) is 21.5. The molecule has 1 atom stereocenters. The highest BCUT2D eigenvalue weighted by atomic mass is 16.5. The topological polar surface area (TPSA) is 71.3 Å². The molecule has 1 saturated heterocycles. The Balaban J connectivity index is 1.71. The van der Waals surface area contributed by atoms with Gasteiger partial charge in [0.1, 0.15) is 11.5 Å². The fraction of sp³-hybridized carbons (Fsp3) is 0.571.